The zero-order chi connectivity index (χ0) is 11.7. The van der Waals surface area contributed by atoms with Crippen LogP contribution in [-0.4, -0.2) is 23.9 Å². The fourth-order valence-electron chi connectivity index (χ4n) is 1.99. The molecule has 1 unspecified atom stereocenters. The number of nitrogens with two attached hydrogens (primary N) is 1. The molecule has 16 heavy (non-hydrogen) atoms. The van der Waals surface area contributed by atoms with Crippen LogP contribution in [0.5, 0.6) is 0 Å². The molecular weight excluding hydrogens is 207 g/mol. The third kappa shape index (κ3) is 2.01. The lowest BCUT2D eigenvalue weighted by Gasteiger charge is -2.16. The molecule has 2 rings (SSSR count). The molecule has 1 amide bonds. The van der Waals surface area contributed by atoms with Gasteiger partial charge < -0.3 is 10.6 Å². The van der Waals surface area contributed by atoms with Crippen LogP contribution in [0.3, 0.4) is 0 Å². The van der Waals surface area contributed by atoms with Crippen LogP contribution in [0.25, 0.3) is 0 Å². The summed E-state index contributed by atoms with van der Waals surface area (Å²) in [4.78, 5) is 13.7. The molecular formula is C12H15FN2O. The highest BCUT2D eigenvalue weighted by atomic mass is 19.1. The number of carbonyl (C=O) groups excluding carboxylic acids is 1. The van der Waals surface area contributed by atoms with Crippen LogP contribution >= 0.6 is 0 Å². The van der Waals surface area contributed by atoms with Gasteiger partial charge in [-0.3, -0.25) is 4.79 Å². The van der Waals surface area contributed by atoms with Crippen molar-refractivity contribution in [2.45, 2.75) is 13.3 Å². The van der Waals surface area contributed by atoms with Gasteiger partial charge in [-0.05, 0) is 30.5 Å². The molecule has 1 fully saturated rings. The highest BCUT2D eigenvalue weighted by molar-refractivity contribution is 5.95. The van der Waals surface area contributed by atoms with Gasteiger partial charge >= 0.3 is 0 Å². The number of hydrogen-bond donors (Lipinski definition) is 1. The van der Waals surface area contributed by atoms with E-state index in [9.17, 15) is 9.18 Å². The molecule has 1 atom stereocenters. The summed E-state index contributed by atoms with van der Waals surface area (Å²) in [6.07, 6.45) is 0.988. The zero-order valence-corrected chi connectivity index (χ0v) is 9.24. The molecule has 0 saturated carbocycles. The summed E-state index contributed by atoms with van der Waals surface area (Å²) in [5, 5.41) is 0. The first-order chi connectivity index (χ1) is 7.58. The van der Waals surface area contributed by atoms with Gasteiger partial charge in [0.1, 0.15) is 5.82 Å². The summed E-state index contributed by atoms with van der Waals surface area (Å²) in [5.41, 5.74) is 5.89. The SMILES string of the molecule is CC1CCN(C(=O)c2ccc(N)cc2F)C1. The molecule has 1 aromatic rings. The van der Waals surface area contributed by atoms with E-state index in [0.717, 1.165) is 6.42 Å². The maximum atomic E-state index is 13.5. The van der Waals surface area contributed by atoms with Crippen LogP contribution < -0.4 is 5.73 Å². The number of benzene rings is 1. The van der Waals surface area contributed by atoms with Crippen molar-refractivity contribution < 1.29 is 9.18 Å². The van der Waals surface area contributed by atoms with Crippen molar-refractivity contribution >= 4 is 11.6 Å². The number of anilines is 1. The smallest absolute Gasteiger partial charge is 0.256 e. The third-order valence-corrected chi connectivity index (χ3v) is 2.93. The molecule has 1 aromatic carbocycles. The maximum absolute atomic E-state index is 13.5. The molecule has 1 heterocycles. The molecule has 0 bridgehead atoms. The Hall–Kier alpha value is -1.58. The number of likely N-dealkylation sites (tertiary alicyclic amines) is 1. The number of amides is 1. The van der Waals surface area contributed by atoms with E-state index in [1.807, 2.05) is 0 Å². The Balaban J connectivity index is 2.21. The van der Waals surface area contributed by atoms with E-state index in [0.29, 0.717) is 24.7 Å². The lowest BCUT2D eigenvalue weighted by Crippen LogP contribution is -2.29. The van der Waals surface area contributed by atoms with Crippen LogP contribution in [0.2, 0.25) is 0 Å². The van der Waals surface area contributed by atoms with Crippen molar-refractivity contribution in [3.63, 3.8) is 0 Å². The minimum Gasteiger partial charge on any atom is -0.399 e. The molecule has 1 saturated heterocycles. The Kier molecular flexibility index (Phi) is 2.81. The Morgan fingerprint density at radius 3 is 2.88 bits per heavy atom. The van der Waals surface area contributed by atoms with Gasteiger partial charge in [0, 0.05) is 18.8 Å². The molecule has 0 radical (unpaired) electrons. The van der Waals surface area contributed by atoms with Gasteiger partial charge in [0.05, 0.1) is 5.56 Å². The lowest BCUT2D eigenvalue weighted by molar-refractivity contribution is 0.0783. The van der Waals surface area contributed by atoms with Gasteiger partial charge in [-0.25, -0.2) is 4.39 Å². The molecule has 3 nitrogen and oxygen atoms in total. The number of halogens is 1. The van der Waals surface area contributed by atoms with E-state index in [4.69, 9.17) is 5.73 Å². The van der Waals surface area contributed by atoms with Crippen LogP contribution in [0, 0.1) is 11.7 Å². The highest BCUT2D eigenvalue weighted by Crippen LogP contribution is 2.20. The van der Waals surface area contributed by atoms with Gasteiger partial charge in [-0.2, -0.15) is 0 Å². The lowest BCUT2D eigenvalue weighted by atomic mass is 10.1. The van der Waals surface area contributed by atoms with Crippen LogP contribution in [-0.2, 0) is 0 Å². The first-order valence-electron chi connectivity index (χ1n) is 5.42. The Labute approximate surface area is 94.0 Å². The summed E-state index contributed by atoms with van der Waals surface area (Å²) in [6, 6.07) is 4.19. The fourth-order valence-corrected chi connectivity index (χ4v) is 1.99. The maximum Gasteiger partial charge on any atom is 0.256 e. The minimum atomic E-state index is -0.537. The van der Waals surface area contributed by atoms with Gasteiger partial charge in [0.15, 0.2) is 0 Å². The summed E-state index contributed by atoms with van der Waals surface area (Å²) < 4.78 is 13.5. The van der Waals surface area contributed by atoms with Crippen molar-refractivity contribution in [1.29, 1.82) is 0 Å². The van der Waals surface area contributed by atoms with Crippen molar-refractivity contribution in [2.24, 2.45) is 5.92 Å². The first kappa shape index (κ1) is 10.9. The monoisotopic (exact) mass is 222 g/mol. The summed E-state index contributed by atoms with van der Waals surface area (Å²) in [6.45, 7) is 3.51. The number of nitrogen functional groups attached to an aromatic ring is 1. The Bertz CT molecular complexity index is 419. The number of carbonyl (C=O) groups is 1. The molecule has 0 aromatic heterocycles. The fraction of sp³-hybridized carbons (Fsp3) is 0.417. The minimum absolute atomic E-state index is 0.114. The largest absolute Gasteiger partial charge is 0.399 e. The molecule has 1 aliphatic rings. The Morgan fingerprint density at radius 1 is 1.56 bits per heavy atom. The third-order valence-electron chi connectivity index (χ3n) is 2.93. The van der Waals surface area contributed by atoms with Crippen molar-refractivity contribution in [3.05, 3.63) is 29.6 Å². The topological polar surface area (TPSA) is 46.3 Å². The average molecular weight is 222 g/mol. The van der Waals surface area contributed by atoms with Crippen LogP contribution in [0.4, 0.5) is 10.1 Å². The molecule has 0 spiro atoms. The van der Waals surface area contributed by atoms with Gasteiger partial charge in [0.25, 0.3) is 5.91 Å². The number of nitrogens with zero attached hydrogens (tertiary/aromatic N) is 1. The summed E-state index contributed by atoms with van der Waals surface area (Å²) in [7, 11) is 0. The van der Waals surface area contributed by atoms with Crippen molar-refractivity contribution in [2.75, 3.05) is 18.8 Å². The number of hydrogen-bond acceptors (Lipinski definition) is 2. The standard InChI is InChI=1S/C12H15FN2O/c1-8-4-5-15(7-8)12(16)10-3-2-9(14)6-11(10)13/h2-3,6,8H,4-5,7,14H2,1H3. The molecule has 2 N–H and O–H groups in total. The van der Waals surface area contributed by atoms with Gasteiger partial charge in [0.2, 0.25) is 0 Å². The van der Waals surface area contributed by atoms with Crippen molar-refractivity contribution in [1.82, 2.24) is 4.90 Å². The molecule has 4 heteroatoms. The zero-order valence-electron chi connectivity index (χ0n) is 9.24. The quantitative estimate of drug-likeness (QED) is 0.737. The molecule has 86 valence electrons. The Morgan fingerprint density at radius 2 is 2.31 bits per heavy atom. The molecule has 1 aliphatic heterocycles. The van der Waals surface area contributed by atoms with E-state index >= 15 is 0 Å². The van der Waals surface area contributed by atoms with E-state index in [-0.39, 0.29) is 11.5 Å². The number of rotatable bonds is 1. The normalized spacial score (nSPS) is 20.1. The van der Waals surface area contributed by atoms with E-state index in [2.05, 4.69) is 6.92 Å². The van der Waals surface area contributed by atoms with Crippen LogP contribution in [0.1, 0.15) is 23.7 Å². The highest BCUT2D eigenvalue weighted by Gasteiger charge is 2.25. The predicted octanol–water partition coefficient (Wildman–Crippen LogP) is 1.89. The van der Waals surface area contributed by atoms with E-state index < -0.39 is 5.82 Å². The first-order valence-corrected chi connectivity index (χ1v) is 5.42. The van der Waals surface area contributed by atoms with Crippen molar-refractivity contribution in [3.8, 4) is 0 Å². The summed E-state index contributed by atoms with van der Waals surface area (Å²) in [5.74, 6) is -0.271. The van der Waals surface area contributed by atoms with E-state index in [1.165, 1.54) is 12.1 Å². The second kappa shape index (κ2) is 4.12. The summed E-state index contributed by atoms with van der Waals surface area (Å²) >= 11 is 0. The van der Waals surface area contributed by atoms with Crippen LogP contribution in [0.15, 0.2) is 18.2 Å². The predicted molar refractivity (Wildman–Crippen MR) is 60.5 cm³/mol. The van der Waals surface area contributed by atoms with Gasteiger partial charge in [-0.1, -0.05) is 6.92 Å². The van der Waals surface area contributed by atoms with Gasteiger partial charge in [-0.15, -0.1) is 0 Å². The van der Waals surface area contributed by atoms with E-state index in [1.54, 1.807) is 11.0 Å². The average Bonchev–Trinajstić information content (AvgIpc) is 2.64. The second-order valence-electron chi connectivity index (χ2n) is 4.38. The molecule has 0 aliphatic carbocycles. The second-order valence-corrected chi connectivity index (χ2v) is 4.38.